The topological polar surface area (TPSA) is 93.1 Å². The number of carbonyl (C=O) groups excluding carboxylic acids is 3. The minimum atomic E-state index is -1.79. The fourth-order valence-corrected chi connectivity index (χ4v) is 5.29. The van der Waals surface area contributed by atoms with E-state index in [1.807, 2.05) is 57.2 Å². The molecule has 0 aromatic heterocycles. The molecule has 2 aliphatic rings. The summed E-state index contributed by atoms with van der Waals surface area (Å²) in [4.78, 5) is 41.1. The molecule has 1 aromatic rings. The highest BCUT2D eigenvalue weighted by molar-refractivity contribution is 6.39. The van der Waals surface area contributed by atoms with Crippen molar-refractivity contribution in [3.63, 3.8) is 0 Å². The number of nitrogens with zero attached hydrogens (tertiary/aromatic N) is 1. The van der Waals surface area contributed by atoms with Gasteiger partial charge in [0.05, 0.1) is 6.10 Å². The van der Waals surface area contributed by atoms with E-state index >= 15 is 0 Å². The van der Waals surface area contributed by atoms with Gasteiger partial charge in [0.2, 0.25) is 0 Å². The molecule has 7 heteroatoms. The summed E-state index contributed by atoms with van der Waals surface area (Å²) in [6.45, 7) is 6.17. The zero-order chi connectivity index (χ0) is 25.6. The molecule has 0 spiro atoms. The van der Waals surface area contributed by atoms with Gasteiger partial charge < -0.3 is 19.5 Å². The number of amides is 1. The van der Waals surface area contributed by atoms with E-state index in [-0.39, 0.29) is 31.0 Å². The van der Waals surface area contributed by atoms with Gasteiger partial charge in [-0.3, -0.25) is 9.59 Å². The van der Waals surface area contributed by atoms with Gasteiger partial charge in [0.1, 0.15) is 18.2 Å². The van der Waals surface area contributed by atoms with Crippen LogP contribution in [0.4, 0.5) is 0 Å². The van der Waals surface area contributed by atoms with Crippen molar-refractivity contribution in [2.24, 2.45) is 11.8 Å². The highest BCUT2D eigenvalue weighted by atomic mass is 16.5. The molecule has 3 rings (SSSR count). The van der Waals surface area contributed by atoms with Gasteiger partial charge in [0.15, 0.2) is 0 Å². The van der Waals surface area contributed by atoms with Crippen molar-refractivity contribution in [1.82, 2.24) is 4.90 Å². The van der Waals surface area contributed by atoms with Gasteiger partial charge in [0, 0.05) is 13.7 Å². The first kappa shape index (κ1) is 27.1. The summed E-state index contributed by atoms with van der Waals surface area (Å²) in [6.07, 6.45) is 5.22. The van der Waals surface area contributed by atoms with Gasteiger partial charge in [-0.1, -0.05) is 48.9 Å². The van der Waals surface area contributed by atoms with Gasteiger partial charge in [-0.25, -0.2) is 4.79 Å². The Morgan fingerprint density at radius 2 is 1.86 bits per heavy atom. The lowest BCUT2D eigenvalue weighted by Crippen LogP contribution is -2.59. The van der Waals surface area contributed by atoms with Crippen molar-refractivity contribution >= 4 is 17.7 Å². The maximum absolute atomic E-state index is 13.5. The zero-order valence-corrected chi connectivity index (χ0v) is 21.4. The molecule has 1 aliphatic carbocycles. The smallest absolute Gasteiger partial charge is 0.329 e. The normalized spacial score (nSPS) is 27.6. The zero-order valence-electron chi connectivity index (χ0n) is 21.4. The van der Waals surface area contributed by atoms with Gasteiger partial charge in [0.25, 0.3) is 11.7 Å². The number of esters is 1. The number of carbonyl (C=O) groups is 3. The van der Waals surface area contributed by atoms with Gasteiger partial charge in [-0.05, 0) is 69.8 Å². The second-order valence-electron chi connectivity index (χ2n) is 10.2. The van der Waals surface area contributed by atoms with Crippen molar-refractivity contribution < 1.29 is 29.0 Å². The molecule has 5 atom stereocenters. The van der Waals surface area contributed by atoms with Crippen LogP contribution in [0.15, 0.2) is 42.0 Å². The molecule has 1 saturated heterocycles. The number of aliphatic hydroxyl groups is 1. The molecular formula is C28H39NO6. The summed E-state index contributed by atoms with van der Waals surface area (Å²) in [5, 5.41) is 11.5. The van der Waals surface area contributed by atoms with E-state index in [2.05, 4.69) is 0 Å². The predicted molar refractivity (Wildman–Crippen MR) is 132 cm³/mol. The average Bonchev–Trinajstić information content (AvgIpc) is 2.87. The third-order valence-electron chi connectivity index (χ3n) is 7.44. The average molecular weight is 486 g/mol. The number of hydrogen-bond acceptors (Lipinski definition) is 6. The van der Waals surface area contributed by atoms with Crippen molar-refractivity contribution in [2.45, 2.75) is 83.6 Å². The van der Waals surface area contributed by atoms with E-state index in [1.165, 1.54) is 4.90 Å². The Hall–Kier alpha value is -2.51. The lowest BCUT2D eigenvalue weighted by molar-refractivity contribution is -0.169. The van der Waals surface area contributed by atoms with Crippen LogP contribution in [-0.2, 0) is 30.5 Å². The molecule has 192 valence electrons. The molecule has 35 heavy (non-hydrogen) atoms. The Labute approximate surface area is 208 Å². The Bertz CT molecular complexity index is 925. The van der Waals surface area contributed by atoms with Gasteiger partial charge in [-0.2, -0.15) is 0 Å². The number of likely N-dealkylation sites (tertiary alicyclic amines) is 1. The first-order valence-electron chi connectivity index (χ1n) is 12.6. The van der Waals surface area contributed by atoms with Crippen LogP contribution in [0, 0.1) is 11.8 Å². The van der Waals surface area contributed by atoms with Crippen LogP contribution in [0.5, 0.6) is 0 Å². The summed E-state index contributed by atoms with van der Waals surface area (Å²) in [5.74, 6) is -2.59. The third kappa shape index (κ3) is 6.39. The molecule has 2 fully saturated rings. The van der Waals surface area contributed by atoms with Crippen molar-refractivity contribution in [2.75, 3.05) is 13.7 Å². The minimum absolute atomic E-state index is 0.0826. The maximum atomic E-state index is 13.5. The number of rotatable bonds is 8. The van der Waals surface area contributed by atoms with Gasteiger partial charge >= 0.3 is 5.97 Å². The highest BCUT2D eigenvalue weighted by Gasteiger charge is 2.52. The molecule has 1 aliphatic heterocycles. The Balaban J connectivity index is 1.74. The first-order chi connectivity index (χ1) is 16.7. The molecular weight excluding hydrogens is 446 g/mol. The Morgan fingerprint density at radius 1 is 1.14 bits per heavy atom. The highest BCUT2D eigenvalue weighted by Crippen LogP contribution is 2.41. The fourth-order valence-electron chi connectivity index (χ4n) is 5.29. The number of ether oxygens (including phenoxy) is 2. The Kier molecular flexibility index (Phi) is 9.25. The molecule has 7 nitrogen and oxygen atoms in total. The van der Waals surface area contributed by atoms with E-state index in [0.717, 1.165) is 24.0 Å². The molecule has 1 aromatic carbocycles. The number of piperidine rings is 1. The standard InChI is InChI=1S/C28H39NO6/c1-19(2)16-24(34-4)22-14-13-20(3)28(33,17-22)25(30)26(31)29-15-9-8-12-23(29)27(32)35-18-21-10-6-5-7-11-21/h5-7,10-11,16,20,22-24,33H,8-9,12-15,17-18H2,1-4H3/t20-,22-,23+,24?,28+/m1/s1. The first-order valence-corrected chi connectivity index (χ1v) is 12.6. The van der Waals surface area contributed by atoms with Crippen LogP contribution in [0.1, 0.15) is 64.9 Å². The summed E-state index contributed by atoms with van der Waals surface area (Å²) in [5.41, 5.74) is 0.153. The SMILES string of the molecule is COC(C=C(C)C)[C@@H]1CC[C@@H](C)[C@](O)(C(=O)C(=O)N2CCCC[C@H]2C(=O)OCc2ccccc2)C1. The summed E-state index contributed by atoms with van der Waals surface area (Å²) in [6, 6.07) is 8.51. The molecule has 1 amide bonds. The van der Waals surface area contributed by atoms with E-state index < -0.39 is 29.3 Å². The summed E-state index contributed by atoms with van der Waals surface area (Å²) in [7, 11) is 1.62. The number of ketones is 1. The van der Waals surface area contributed by atoms with Crippen LogP contribution >= 0.6 is 0 Å². The summed E-state index contributed by atoms with van der Waals surface area (Å²) >= 11 is 0. The number of methoxy groups -OCH3 is 1. The van der Waals surface area contributed by atoms with Crippen LogP contribution in [0.3, 0.4) is 0 Å². The number of allylic oxidation sites excluding steroid dienone is 1. The fraction of sp³-hybridized carbons (Fsp3) is 0.607. The van der Waals surface area contributed by atoms with Crippen LogP contribution < -0.4 is 0 Å². The third-order valence-corrected chi connectivity index (χ3v) is 7.44. The molecule has 0 radical (unpaired) electrons. The second kappa shape index (κ2) is 12.0. The van der Waals surface area contributed by atoms with Crippen molar-refractivity contribution in [1.29, 1.82) is 0 Å². The lowest BCUT2D eigenvalue weighted by atomic mass is 9.67. The second-order valence-corrected chi connectivity index (χ2v) is 10.2. The quantitative estimate of drug-likeness (QED) is 0.342. The van der Waals surface area contributed by atoms with E-state index in [1.54, 1.807) is 7.11 Å². The number of hydrogen-bond donors (Lipinski definition) is 1. The minimum Gasteiger partial charge on any atom is -0.459 e. The molecule has 1 heterocycles. The van der Waals surface area contributed by atoms with E-state index in [4.69, 9.17) is 9.47 Å². The van der Waals surface area contributed by atoms with E-state index in [0.29, 0.717) is 25.8 Å². The van der Waals surface area contributed by atoms with Crippen LogP contribution in [-0.4, -0.2) is 59.1 Å². The van der Waals surface area contributed by atoms with Crippen LogP contribution in [0.25, 0.3) is 0 Å². The monoisotopic (exact) mass is 485 g/mol. The molecule has 1 N–H and O–H groups in total. The summed E-state index contributed by atoms with van der Waals surface area (Å²) < 4.78 is 11.1. The molecule has 1 unspecified atom stereocenters. The van der Waals surface area contributed by atoms with E-state index in [9.17, 15) is 19.5 Å². The van der Waals surface area contributed by atoms with Gasteiger partial charge in [-0.15, -0.1) is 0 Å². The molecule has 0 bridgehead atoms. The molecule has 1 saturated carbocycles. The van der Waals surface area contributed by atoms with Crippen molar-refractivity contribution in [3.05, 3.63) is 47.5 Å². The predicted octanol–water partition coefficient (Wildman–Crippen LogP) is 3.83. The Morgan fingerprint density at radius 3 is 2.51 bits per heavy atom. The van der Waals surface area contributed by atoms with Crippen LogP contribution in [0.2, 0.25) is 0 Å². The number of benzene rings is 1. The maximum Gasteiger partial charge on any atom is 0.329 e. The van der Waals surface area contributed by atoms with Crippen molar-refractivity contribution in [3.8, 4) is 0 Å². The number of Topliss-reactive ketones (excluding diaryl/α,β-unsaturated/α-hetero) is 1. The lowest BCUT2D eigenvalue weighted by Gasteiger charge is -2.43. The largest absolute Gasteiger partial charge is 0.459 e.